The van der Waals surface area contributed by atoms with E-state index >= 15 is 4.57 Å². The molecule has 0 radical (unpaired) electrons. The fourth-order valence-electron chi connectivity index (χ4n) is 5.03. The largest absolute Gasteiger partial charge is 0.466 e. The molecule has 0 spiro atoms. The number of esters is 2. The molecule has 0 saturated heterocycles. The lowest BCUT2D eigenvalue weighted by Gasteiger charge is -2.29. The van der Waals surface area contributed by atoms with Crippen molar-refractivity contribution < 1.29 is 37.7 Å². The molecule has 0 aliphatic carbocycles. The molecule has 12 heteroatoms. The van der Waals surface area contributed by atoms with Crippen LogP contribution in [0.15, 0.2) is 115 Å². The van der Waals surface area contributed by atoms with Gasteiger partial charge >= 0.3 is 19.6 Å². The van der Waals surface area contributed by atoms with Crippen molar-refractivity contribution in [3.05, 3.63) is 132 Å². The van der Waals surface area contributed by atoms with Gasteiger partial charge < -0.3 is 19.5 Å². The van der Waals surface area contributed by atoms with E-state index in [9.17, 15) is 14.4 Å². The fraction of sp³-hybridized carbons (Fsp3) is 0.357. The van der Waals surface area contributed by atoms with Crippen LogP contribution in [-0.4, -0.2) is 49.9 Å². The Labute approximate surface area is 318 Å². The minimum absolute atomic E-state index is 0.0972. The number of ether oxygens (including phenoxy) is 3. The lowest BCUT2D eigenvalue weighted by molar-refractivity contribution is -0.148. The first-order valence-electron chi connectivity index (χ1n) is 17.9. The first-order chi connectivity index (χ1) is 25.6. The minimum Gasteiger partial charge on any atom is -0.466 e. The van der Waals surface area contributed by atoms with Crippen LogP contribution in [0.5, 0.6) is 5.75 Å². The molecule has 2 atom stereocenters. The second kappa shape index (κ2) is 19.5. The van der Waals surface area contributed by atoms with Gasteiger partial charge in [0.15, 0.2) is 6.79 Å². The molecule has 1 amide bonds. The zero-order valence-electron chi connectivity index (χ0n) is 31.9. The van der Waals surface area contributed by atoms with Crippen LogP contribution in [0.4, 0.5) is 5.69 Å². The van der Waals surface area contributed by atoms with Crippen LogP contribution in [0.25, 0.3) is 0 Å². The standard InChI is InChI=1S/C42H52N3O8P/c1-41(2,3)28-50-39(47)35(26-31-18-10-7-11-19-31)44-54(49,45-36(27-32-20-12-8-13-21-32)40(48)51-29-42(4,5)6)53-30-52-37-25-17-16-24-34(37)38(46)43-33-22-14-9-15-23-33/h7-25,35-36H,26-30H2,1-6H3,(H,43,46)(H2,44,45,49). The number of benzene rings is 4. The first kappa shape index (κ1) is 41.9. The molecule has 4 rings (SSSR count). The molecule has 4 aromatic rings. The predicted octanol–water partition coefficient (Wildman–Crippen LogP) is 7.98. The van der Waals surface area contributed by atoms with E-state index in [0.29, 0.717) is 5.69 Å². The van der Waals surface area contributed by atoms with E-state index in [2.05, 4.69) is 15.5 Å². The third kappa shape index (κ3) is 14.6. The van der Waals surface area contributed by atoms with E-state index in [-0.39, 0.29) is 48.2 Å². The van der Waals surface area contributed by atoms with Gasteiger partial charge in [0, 0.05) is 5.69 Å². The number of anilines is 1. The van der Waals surface area contributed by atoms with Crippen molar-refractivity contribution in [1.29, 1.82) is 0 Å². The highest BCUT2D eigenvalue weighted by molar-refractivity contribution is 7.54. The molecule has 0 saturated carbocycles. The van der Waals surface area contributed by atoms with Crippen molar-refractivity contribution in [3.8, 4) is 5.75 Å². The van der Waals surface area contributed by atoms with Gasteiger partial charge in [0.1, 0.15) is 17.8 Å². The average molecular weight is 758 g/mol. The normalized spacial score (nSPS) is 13.9. The van der Waals surface area contributed by atoms with E-state index in [1.165, 1.54) is 0 Å². The van der Waals surface area contributed by atoms with Gasteiger partial charge in [-0.15, -0.1) is 0 Å². The van der Waals surface area contributed by atoms with Crippen molar-refractivity contribution >= 4 is 31.2 Å². The zero-order chi connectivity index (χ0) is 39.2. The second-order valence-electron chi connectivity index (χ2n) is 15.3. The minimum atomic E-state index is -4.40. The van der Waals surface area contributed by atoms with Crippen molar-refractivity contribution in [1.82, 2.24) is 10.2 Å². The van der Waals surface area contributed by atoms with Crippen LogP contribution in [0, 0.1) is 10.8 Å². The van der Waals surface area contributed by atoms with E-state index in [4.69, 9.17) is 18.7 Å². The number of rotatable bonds is 18. The van der Waals surface area contributed by atoms with Gasteiger partial charge in [-0.05, 0) is 59.1 Å². The number of amides is 1. The summed E-state index contributed by atoms with van der Waals surface area (Å²) < 4.78 is 38.4. The molecule has 288 valence electrons. The second-order valence-corrected chi connectivity index (χ2v) is 17.2. The monoisotopic (exact) mass is 757 g/mol. The summed E-state index contributed by atoms with van der Waals surface area (Å²) in [6.07, 6.45) is 0.194. The Bertz CT molecular complexity index is 1760. The van der Waals surface area contributed by atoms with Crippen LogP contribution in [-0.2, 0) is 41.0 Å². The Morgan fingerprint density at radius 3 is 1.50 bits per heavy atom. The highest BCUT2D eigenvalue weighted by Crippen LogP contribution is 2.40. The lowest BCUT2D eigenvalue weighted by Crippen LogP contribution is -2.47. The topological polar surface area (TPSA) is 141 Å². The van der Waals surface area contributed by atoms with Crippen molar-refractivity contribution in [2.75, 3.05) is 25.3 Å². The number of nitrogens with one attached hydrogen (secondary N) is 3. The van der Waals surface area contributed by atoms with Gasteiger partial charge in [0.25, 0.3) is 5.91 Å². The third-order valence-electron chi connectivity index (χ3n) is 7.69. The molecule has 0 aromatic heterocycles. The Balaban J connectivity index is 1.65. The first-order valence-corrected chi connectivity index (χ1v) is 19.5. The number of carbonyl (C=O) groups excluding carboxylic acids is 3. The summed E-state index contributed by atoms with van der Waals surface area (Å²) in [5, 5.41) is 8.62. The summed E-state index contributed by atoms with van der Waals surface area (Å²) in [5.74, 6) is -1.57. The molecular formula is C42H52N3O8P. The maximum Gasteiger partial charge on any atom is 0.345 e. The summed E-state index contributed by atoms with van der Waals surface area (Å²) in [6.45, 7) is 11.2. The maximum atomic E-state index is 15.1. The molecule has 0 bridgehead atoms. The number of para-hydroxylation sites is 2. The van der Waals surface area contributed by atoms with Gasteiger partial charge in [-0.25, -0.2) is 10.2 Å². The molecule has 11 nitrogen and oxygen atoms in total. The van der Waals surface area contributed by atoms with Gasteiger partial charge in [0.2, 0.25) is 0 Å². The van der Waals surface area contributed by atoms with E-state index < -0.39 is 44.4 Å². The van der Waals surface area contributed by atoms with Gasteiger partial charge in [-0.1, -0.05) is 133 Å². The zero-order valence-corrected chi connectivity index (χ0v) is 32.8. The summed E-state index contributed by atoms with van der Waals surface area (Å²) in [5.41, 5.74) is 1.68. The number of hydrogen-bond acceptors (Lipinski definition) is 8. The van der Waals surface area contributed by atoms with Crippen LogP contribution >= 0.6 is 7.67 Å². The molecule has 0 aliphatic heterocycles. The third-order valence-corrected chi connectivity index (χ3v) is 9.47. The van der Waals surface area contributed by atoms with Crippen molar-refractivity contribution in [3.63, 3.8) is 0 Å². The molecule has 3 N–H and O–H groups in total. The maximum absolute atomic E-state index is 15.1. The van der Waals surface area contributed by atoms with Gasteiger partial charge in [0.05, 0.1) is 18.8 Å². The Kier molecular flexibility index (Phi) is 15.2. The van der Waals surface area contributed by atoms with Crippen molar-refractivity contribution in [2.45, 2.75) is 66.5 Å². The van der Waals surface area contributed by atoms with Gasteiger partial charge in [-0.3, -0.25) is 23.5 Å². The summed E-state index contributed by atoms with van der Waals surface area (Å²) in [6, 6.07) is 31.6. The highest BCUT2D eigenvalue weighted by Gasteiger charge is 2.37. The predicted molar refractivity (Wildman–Crippen MR) is 210 cm³/mol. The fourth-order valence-corrected chi connectivity index (χ4v) is 6.66. The number of carbonyl (C=O) groups is 3. The molecule has 54 heavy (non-hydrogen) atoms. The smallest absolute Gasteiger partial charge is 0.345 e. The summed E-state index contributed by atoms with van der Waals surface area (Å²) in [4.78, 5) is 40.6. The molecular weight excluding hydrogens is 705 g/mol. The lowest BCUT2D eigenvalue weighted by atomic mass is 9.98. The van der Waals surface area contributed by atoms with Crippen LogP contribution in [0.1, 0.15) is 63.0 Å². The molecule has 0 heterocycles. The van der Waals surface area contributed by atoms with Gasteiger partial charge in [-0.2, -0.15) is 0 Å². The quantitative estimate of drug-likeness (QED) is 0.0520. The average Bonchev–Trinajstić information content (AvgIpc) is 3.13. The van der Waals surface area contributed by atoms with Crippen LogP contribution < -0.4 is 20.2 Å². The molecule has 0 fully saturated rings. The van der Waals surface area contributed by atoms with Crippen molar-refractivity contribution in [2.24, 2.45) is 10.8 Å². The number of hydrogen-bond donors (Lipinski definition) is 3. The SMILES string of the molecule is CC(C)(C)COC(=O)C(Cc1ccccc1)NP(=O)(NC(Cc1ccccc1)C(=O)OCC(C)(C)C)OCOc1ccccc1C(=O)Nc1ccccc1. The molecule has 0 aliphatic rings. The molecule has 2 unspecified atom stereocenters. The van der Waals surface area contributed by atoms with Crippen LogP contribution in [0.3, 0.4) is 0 Å². The highest BCUT2D eigenvalue weighted by atomic mass is 31.2. The summed E-state index contributed by atoms with van der Waals surface area (Å²) >= 11 is 0. The van der Waals surface area contributed by atoms with E-state index in [0.717, 1.165) is 11.1 Å². The summed E-state index contributed by atoms with van der Waals surface area (Å²) in [7, 11) is -4.40. The van der Waals surface area contributed by atoms with E-state index in [1.54, 1.807) is 48.5 Å². The Morgan fingerprint density at radius 2 is 1.04 bits per heavy atom. The molecule has 4 aromatic carbocycles. The Hall–Kier alpha value is -4.80. The van der Waals surface area contributed by atoms with Crippen LogP contribution in [0.2, 0.25) is 0 Å². The Morgan fingerprint density at radius 1 is 0.611 bits per heavy atom. The van der Waals surface area contributed by atoms with E-state index in [1.807, 2.05) is 108 Å².